The lowest BCUT2D eigenvalue weighted by molar-refractivity contribution is -0.139. The first-order chi connectivity index (χ1) is 11.5. The van der Waals surface area contributed by atoms with E-state index >= 15 is 0 Å². The van der Waals surface area contributed by atoms with Crippen molar-refractivity contribution in [2.45, 2.75) is 25.9 Å². The molecule has 0 bridgehead atoms. The summed E-state index contributed by atoms with van der Waals surface area (Å²) in [5, 5.41) is 6.69. The number of carbonyl (C=O) groups excluding carboxylic acids is 2. The van der Waals surface area contributed by atoms with Gasteiger partial charge in [-0.05, 0) is 19.4 Å². The molecule has 2 amide bonds. The summed E-state index contributed by atoms with van der Waals surface area (Å²) in [7, 11) is 1.58. The summed E-state index contributed by atoms with van der Waals surface area (Å²) in [5.41, 5.74) is 0.163. The van der Waals surface area contributed by atoms with Crippen molar-refractivity contribution in [1.29, 1.82) is 0 Å². The Morgan fingerprint density at radius 3 is 2.79 bits per heavy atom. The molecule has 3 heterocycles. The van der Waals surface area contributed by atoms with Crippen molar-refractivity contribution >= 4 is 11.8 Å². The van der Waals surface area contributed by atoms with Crippen LogP contribution in [0.3, 0.4) is 0 Å². The Labute approximate surface area is 137 Å². The molecule has 9 heteroatoms. The van der Waals surface area contributed by atoms with Gasteiger partial charge in [0, 0.05) is 20.1 Å². The maximum Gasteiger partial charge on any atom is 0.345 e. The lowest BCUT2D eigenvalue weighted by Gasteiger charge is -2.41. The molecule has 0 saturated carbocycles. The zero-order chi connectivity index (χ0) is 17.3. The summed E-state index contributed by atoms with van der Waals surface area (Å²) in [5.74, 6) is 0.158. The van der Waals surface area contributed by atoms with Gasteiger partial charge in [-0.25, -0.2) is 9.48 Å². The third kappa shape index (κ3) is 2.97. The van der Waals surface area contributed by atoms with Crippen LogP contribution in [0.5, 0.6) is 0 Å². The van der Waals surface area contributed by atoms with Crippen molar-refractivity contribution in [3.8, 4) is 0 Å². The predicted octanol–water partition coefficient (Wildman–Crippen LogP) is -0.486. The maximum absolute atomic E-state index is 12.3. The molecule has 1 atom stereocenters. The molecule has 1 fully saturated rings. The minimum absolute atomic E-state index is 0.0620. The van der Waals surface area contributed by atoms with Crippen LogP contribution < -0.4 is 11.0 Å². The van der Waals surface area contributed by atoms with Crippen molar-refractivity contribution in [2.24, 2.45) is 7.05 Å². The van der Waals surface area contributed by atoms with Crippen LogP contribution in [0.25, 0.3) is 0 Å². The molecule has 1 aliphatic rings. The van der Waals surface area contributed by atoms with Crippen LogP contribution in [-0.2, 0) is 18.4 Å². The molecule has 9 nitrogen and oxygen atoms in total. The molecule has 2 aromatic rings. The van der Waals surface area contributed by atoms with E-state index in [1.807, 2.05) is 0 Å². The summed E-state index contributed by atoms with van der Waals surface area (Å²) in [6, 6.07) is 1.55. The molecule has 1 saturated heterocycles. The zero-order valence-corrected chi connectivity index (χ0v) is 13.6. The van der Waals surface area contributed by atoms with Crippen LogP contribution in [0, 0.1) is 6.92 Å². The van der Waals surface area contributed by atoms with Gasteiger partial charge in [-0.15, -0.1) is 0 Å². The molecule has 0 spiro atoms. The number of hydrogen-bond acceptors (Lipinski definition) is 5. The topological polar surface area (TPSA) is 102 Å². The van der Waals surface area contributed by atoms with Crippen LogP contribution in [-0.4, -0.2) is 50.2 Å². The van der Waals surface area contributed by atoms with E-state index in [0.29, 0.717) is 24.4 Å². The van der Waals surface area contributed by atoms with E-state index in [4.69, 9.17) is 4.42 Å². The second kappa shape index (κ2) is 6.34. The number of aryl methyl sites for hydroxylation is 2. The van der Waals surface area contributed by atoms with Crippen LogP contribution in [0.2, 0.25) is 0 Å². The lowest BCUT2D eigenvalue weighted by Crippen LogP contribution is -2.57. The highest BCUT2D eigenvalue weighted by molar-refractivity contribution is 5.95. The van der Waals surface area contributed by atoms with Gasteiger partial charge in [0.15, 0.2) is 0 Å². The monoisotopic (exact) mass is 333 g/mol. The fraction of sp³-hybridized carbons (Fsp3) is 0.467. The Morgan fingerprint density at radius 2 is 2.25 bits per heavy atom. The van der Waals surface area contributed by atoms with Gasteiger partial charge in [0.05, 0.1) is 17.9 Å². The molecule has 0 aliphatic carbocycles. The van der Waals surface area contributed by atoms with Gasteiger partial charge in [0.25, 0.3) is 5.91 Å². The fourth-order valence-electron chi connectivity index (χ4n) is 2.66. The average Bonchev–Trinajstić information content (AvgIpc) is 3.07. The van der Waals surface area contributed by atoms with Crippen molar-refractivity contribution < 1.29 is 14.0 Å². The molecule has 1 unspecified atom stereocenters. The quantitative estimate of drug-likeness (QED) is 0.796. The van der Waals surface area contributed by atoms with Crippen LogP contribution >= 0.6 is 0 Å². The van der Waals surface area contributed by atoms with E-state index in [-0.39, 0.29) is 30.1 Å². The van der Waals surface area contributed by atoms with Crippen LogP contribution in [0.1, 0.15) is 22.5 Å². The number of nitrogens with one attached hydrogen (secondary N) is 1. The number of amides is 2. The van der Waals surface area contributed by atoms with E-state index in [2.05, 4.69) is 10.4 Å². The van der Waals surface area contributed by atoms with Crippen molar-refractivity contribution in [1.82, 2.24) is 24.6 Å². The van der Waals surface area contributed by atoms with E-state index in [1.54, 1.807) is 24.9 Å². The van der Waals surface area contributed by atoms with E-state index in [9.17, 15) is 14.4 Å². The molecule has 3 rings (SSSR count). The number of furan rings is 1. The summed E-state index contributed by atoms with van der Waals surface area (Å²) in [4.78, 5) is 37.7. The van der Waals surface area contributed by atoms with Crippen molar-refractivity contribution in [3.05, 3.63) is 40.5 Å². The number of carbonyl (C=O) groups is 2. The maximum atomic E-state index is 12.3. The molecule has 1 N–H and O–H groups in total. The Balaban J connectivity index is 1.54. The largest absolute Gasteiger partial charge is 0.469 e. The third-order valence-electron chi connectivity index (χ3n) is 4.24. The third-order valence-corrected chi connectivity index (χ3v) is 4.24. The molecule has 2 aromatic heterocycles. The van der Waals surface area contributed by atoms with E-state index in [1.165, 1.54) is 17.2 Å². The van der Waals surface area contributed by atoms with Gasteiger partial charge in [0.1, 0.15) is 18.6 Å². The van der Waals surface area contributed by atoms with Crippen molar-refractivity contribution in [2.75, 3.05) is 13.1 Å². The SMILES string of the molecule is Cc1occc1C(=O)NCC1CCN1C(=O)Cn1ncn(C)c1=O. The highest BCUT2D eigenvalue weighted by Crippen LogP contribution is 2.17. The summed E-state index contributed by atoms with van der Waals surface area (Å²) < 4.78 is 7.55. The Bertz CT molecular complexity index is 818. The normalized spacial score (nSPS) is 16.8. The smallest absolute Gasteiger partial charge is 0.345 e. The number of aromatic nitrogens is 3. The van der Waals surface area contributed by atoms with Crippen LogP contribution in [0.4, 0.5) is 0 Å². The minimum atomic E-state index is -0.329. The molecule has 1 aliphatic heterocycles. The molecule has 128 valence electrons. The summed E-state index contributed by atoms with van der Waals surface area (Å²) >= 11 is 0. The lowest BCUT2D eigenvalue weighted by atomic mass is 10.0. The highest BCUT2D eigenvalue weighted by Gasteiger charge is 2.32. The first-order valence-corrected chi connectivity index (χ1v) is 7.67. The average molecular weight is 333 g/mol. The minimum Gasteiger partial charge on any atom is -0.469 e. The standard InChI is InChI=1S/C15H19N5O4/c1-10-12(4-6-24-10)14(22)16-7-11-3-5-19(11)13(21)8-20-15(23)18(2)9-17-20/h4,6,9,11H,3,5,7-8H2,1-2H3,(H,16,22). The highest BCUT2D eigenvalue weighted by atomic mass is 16.3. The number of hydrogen-bond donors (Lipinski definition) is 1. The van der Waals surface area contributed by atoms with E-state index < -0.39 is 0 Å². The first kappa shape index (κ1) is 16.0. The van der Waals surface area contributed by atoms with Gasteiger partial charge < -0.3 is 14.6 Å². The Hall–Kier alpha value is -2.84. The van der Waals surface area contributed by atoms with Gasteiger partial charge >= 0.3 is 5.69 Å². The van der Waals surface area contributed by atoms with Gasteiger partial charge in [0.2, 0.25) is 5.91 Å². The molecule has 24 heavy (non-hydrogen) atoms. The predicted molar refractivity (Wildman–Crippen MR) is 83.4 cm³/mol. The van der Waals surface area contributed by atoms with Gasteiger partial charge in [-0.2, -0.15) is 5.10 Å². The summed E-state index contributed by atoms with van der Waals surface area (Å²) in [6.07, 6.45) is 3.65. The number of likely N-dealkylation sites (tertiary alicyclic amines) is 1. The Kier molecular flexibility index (Phi) is 4.24. The second-order valence-corrected chi connectivity index (χ2v) is 5.81. The Morgan fingerprint density at radius 1 is 1.46 bits per heavy atom. The van der Waals surface area contributed by atoms with Gasteiger partial charge in [-0.1, -0.05) is 0 Å². The number of nitrogens with zero attached hydrogens (tertiary/aromatic N) is 4. The van der Waals surface area contributed by atoms with Crippen molar-refractivity contribution in [3.63, 3.8) is 0 Å². The van der Waals surface area contributed by atoms with E-state index in [0.717, 1.165) is 11.1 Å². The fourth-order valence-corrected chi connectivity index (χ4v) is 2.66. The molecule has 0 radical (unpaired) electrons. The summed E-state index contributed by atoms with van der Waals surface area (Å²) in [6.45, 7) is 2.61. The zero-order valence-electron chi connectivity index (χ0n) is 13.6. The van der Waals surface area contributed by atoms with Gasteiger partial charge in [-0.3, -0.25) is 14.2 Å². The molecular formula is C15H19N5O4. The number of rotatable bonds is 5. The first-order valence-electron chi connectivity index (χ1n) is 7.67. The van der Waals surface area contributed by atoms with Crippen LogP contribution in [0.15, 0.2) is 27.9 Å². The second-order valence-electron chi connectivity index (χ2n) is 5.81. The molecule has 0 aromatic carbocycles. The molecular weight excluding hydrogens is 314 g/mol.